The summed E-state index contributed by atoms with van der Waals surface area (Å²) >= 11 is 0. The van der Waals surface area contributed by atoms with E-state index in [1.807, 2.05) is 0 Å². The molecule has 1 fully saturated rings. The predicted molar refractivity (Wildman–Crippen MR) is 79.9 cm³/mol. The minimum absolute atomic E-state index is 0.242. The summed E-state index contributed by atoms with van der Waals surface area (Å²) in [6, 6.07) is 9.60. The van der Waals surface area contributed by atoms with E-state index in [0.717, 1.165) is 12.3 Å². The van der Waals surface area contributed by atoms with Crippen molar-refractivity contribution >= 4 is 0 Å². The molecule has 0 bridgehead atoms. The number of fused-ring (bicyclic) bond motifs is 1. The van der Waals surface area contributed by atoms with E-state index in [1.54, 1.807) is 0 Å². The summed E-state index contributed by atoms with van der Waals surface area (Å²) in [6.07, 6.45) is 6.58. The lowest BCUT2D eigenvalue weighted by Gasteiger charge is -2.28. The molecule has 1 saturated heterocycles. The van der Waals surface area contributed by atoms with Crippen LogP contribution in [0, 0.1) is 5.92 Å². The second-order valence-electron chi connectivity index (χ2n) is 6.23. The fourth-order valence-electron chi connectivity index (χ4n) is 3.90. The first-order valence-electron chi connectivity index (χ1n) is 7.88. The summed E-state index contributed by atoms with van der Waals surface area (Å²) in [6.45, 7) is 4.84. The van der Waals surface area contributed by atoms with Crippen LogP contribution in [0.5, 0.6) is 0 Å². The van der Waals surface area contributed by atoms with Gasteiger partial charge in [0.2, 0.25) is 0 Å². The molecule has 2 heteroatoms. The summed E-state index contributed by atoms with van der Waals surface area (Å²) in [5, 5.41) is 0. The summed E-state index contributed by atoms with van der Waals surface area (Å²) in [4.78, 5) is 2.70. The molecule has 1 aliphatic carbocycles. The van der Waals surface area contributed by atoms with E-state index in [4.69, 9.17) is 5.73 Å². The first-order valence-corrected chi connectivity index (χ1v) is 7.88. The van der Waals surface area contributed by atoms with Gasteiger partial charge < -0.3 is 5.73 Å². The van der Waals surface area contributed by atoms with E-state index in [-0.39, 0.29) is 6.04 Å². The second kappa shape index (κ2) is 5.64. The number of hydrogen-bond donors (Lipinski definition) is 1. The number of hydrogen-bond acceptors (Lipinski definition) is 2. The molecule has 0 aromatic heterocycles. The van der Waals surface area contributed by atoms with Crippen molar-refractivity contribution in [1.29, 1.82) is 0 Å². The normalized spacial score (nSPS) is 32.0. The van der Waals surface area contributed by atoms with Crippen LogP contribution in [0.2, 0.25) is 0 Å². The average molecular weight is 258 g/mol. The molecular formula is C17H26N2. The van der Waals surface area contributed by atoms with Crippen molar-refractivity contribution in [3.05, 3.63) is 35.4 Å². The van der Waals surface area contributed by atoms with Crippen molar-refractivity contribution < 1.29 is 0 Å². The standard InChI is InChI=1S/C17H26N2/c1-2-13-6-5-10-19(11-9-13)17-12-16(18)14-7-3-4-8-15(14)17/h3-4,7-8,13,16-17H,2,5-6,9-12,18H2,1H3. The van der Waals surface area contributed by atoms with Gasteiger partial charge in [-0.15, -0.1) is 0 Å². The van der Waals surface area contributed by atoms with Crippen LogP contribution in [0.1, 0.15) is 62.2 Å². The summed E-state index contributed by atoms with van der Waals surface area (Å²) in [7, 11) is 0. The Kier molecular flexibility index (Phi) is 3.90. The third-order valence-corrected chi connectivity index (χ3v) is 5.13. The van der Waals surface area contributed by atoms with Crippen LogP contribution < -0.4 is 5.73 Å². The van der Waals surface area contributed by atoms with Crippen molar-refractivity contribution in [2.24, 2.45) is 11.7 Å². The van der Waals surface area contributed by atoms with Crippen LogP contribution in [-0.4, -0.2) is 18.0 Å². The van der Waals surface area contributed by atoms with Crippen LogP contribution >= 0.6 is 0 Å². The molecule has 1 aromatic carbocycles. The predicted octanol–water partition coefficient (Wildman–Crippen LogP) is 3.64. The van der Waals surface area contributed by atoms with Gasteiger partial charge in [0.05, 0.1) is 0 Å². The van der Waals surface area contributed by atoms with Gasteiger partial charge in [0.25, 0.3) is 0 Å². The number of rotatable bonds is 2. The lowest BCUT2D eigenvalue weighted by Crippen LogP contribution is -2.29. The third kappa shape index (κ3) is 2.56. The first kappa shape index (κ1) is 13.1. The molecule has 3 atom stereocenters. The van der Waals surface area contributed by atoms with Crippen molar-refractivity contribution in [2.75, 3.05) is 13.1 Å². The molecule has 19 heavy (non-hydrogen) atoms. The Morgan fingerprint density at radius 1 is 1.16 bits per heavy atom. The summed E-state index contributed by atoms with van der Waals surface area (Å²) in [5.41, 5.74) is 9.18. The Labute approximate surface area is 117 Å². The van der Waals surface area contributed by atoms with E-state index in [1.165, 1.54) is 49.9 Å². The van der Waals surface area contributed by atoms with Crippen molar-refractivity contribution in [2.45, 2.75) is 51.1 Å². The maximum absolute atomic E-state index is 6.31. The average Bonchev–Trinajstić information content (AvgIpc) is 2.65. The zero-order valence-corrected chi connectivity index (χ0v) is 12.0. The molecule has 2 aliphatic rings. The van der Waals surface area contributed by atoms with Gasteiger partial charge in [0.1, 0.15) is 0 Å². The largest absolute Gasteiger partial charge is 0.324 e. The van der Waals surface area contributed by atoms with Crippen LogP contribution in [0.3, 0.4) is 0 Å². The zero-order valence-electron chi connectivity index (χ0n) is 12.0. The van der Waals surface area contributed by atoms with E-state index >= 15 is 0 Å². The van der Waals surface area contributed by atoms with E-state index in [0.29, 0.717) is 6.04 Å². The highest BCUT2D eigenvalue weighted by Gasteiger charge is 2.33. The Bertz CT molecular complexity index is 429. The maximum atomic E-state index is 6.31. The topological polar surface area (TPSA) is 29.3 Å². The quantitative estimate of drug-likeness (QED) is 0.877. The minimum Gasteiger partial charge on any atom is -0.324 e. The molecule has 2 nitrogen and oxygen atoms in total. The van der Waals surface area contributed by atoms with E-state index < -0.39 is 0 Å². The van der Waals surface area contributed by atoms with Gasteiger partial charge in [-0.05, 0) is 55.8 Å². The van der Waals surface area contributed by atoms with Gasteiger partial charge in [-0.3, -0.25) is 4.90 Å². The van der Waals surface area contributed by atoms with Gasteiger partial charge in [-0.1, -0.05) is 37.6 Å². The SMILES string of the molecule is CCC1CCCN(C2CC(N)c3ccccc32)CC1. The number of likely N-dealkylation sites (tertiary alicyclic amines) is 1. The van der Waals surface area contributed by atoms with Crippen LogP contribution in [-0.2, 0) is 0 Å². The molecule has 1 heterocycles. The van der Waals surface area contributed by atoms with Crippen LogP contribution in [0.4, 0.5) is 0 Å². The maximum Gasteiger partial charge on any atom is 0.0369 e. The van der Waals surface area contributed by atoms with Crippen molar-refractivity contribution in [3.63, 3.8) is 0 Å². The molecule has 2 N–H and O–H groups in total. The van der Waals surface area contributed by atoms with E-state index in [9.17, 15) is 0 Å². The number of nitrogens with two attached hydrogens (primary N) is 1. The summed E-state index contributed by atoms with van der Waals surface area (Å²) in [5.74, 6) is 0.940. The second-order valence-corrected chi connectivity index (χ2v) is 6.23. The molecular weight excluding hydrogens is 232 g/mol. The number of benzene rings is 1. The van der Waals surface area contributed by atoms with E-state index in [2.05, 4.69) is 36.1 Å². The molecule has 1 aromatic rings. The highest BCUT2D eigenvalue weighted by molar-refractivity contribution is 5.37. The molecule has 0 radical (unpaired) electrons. The fraction of sp³-hybridized carbons (Fsp3) is 0.647. The molecule has 1 aliphatic heterocycles. The molecule has 3 unspecified atom stereocenters. The molecule has 0 spiro atoms. The van der Waals surface area contributed by atoms with Crippen molar-refractivity contribution in [1.82, 2.24) is 4.90 Å². The van der Waals surface area contributed by atoms with Gasteiger partial charge in [0.15, 0.2) is 0 Å². The highest BCUT2D eigenvalue weighted by Crippen LogP contribution is 2.41. The zero-order chi connectivity index (χ0) is 13.2. The molecule has 0 saturated carbocycles. The molecule has 0 amide bonds. The Morgan fingerprint density at radius 3 is 2.74 bits per heavy atom. The Hall–Kier alpha value is -0.860. The Balaban J connectivity index is 1.77. The van der Waals surface area contributed by atoms with Crippen LogP contribution in [0.15, 0.2) is 24.3 Å². The third-order valence-electron chi connectivity index (χ3n) is 5.13. The lowest BCUT2D eigenvalue weighted by atomic mass is 9.98. The van der Waals surface area contributed by atoms with Gasteiger partial charge in [-0.25, -0.2) is 0 Å². The Morgan fingerprint density at radius 2 is 1.95 bits per heavy atom. The smallest absolute Gasteiger partial charge is 0.0369 e. The van der Waals surface area contributed by atoms with Crippen LogP contribution in [0.25, 0.3) is 0 Å². The van der Waals surface area contributed by atoms with Gasteiger partial charge in [0, 0.05) is 12.1 Å². The minimum atomic E-state index is 0.242. The van der Waals surface area contributed by atoms with Gasteiger partial charge in [-0.2, -0.15) is 0 Å². The summed E-state index contributed by atoms with van der Waals surface area (Å²) < 4.78 is 0. The molecule has 104 valence electrons. The molecule has 3 rings (SSSR count). The first-order chi connectivity index (χ1) is 9.29. The monoisotopic (exact) mass is 258 g/mol. The lowest BCUT2D eigenvalue weighted by molar-refractivity contribution is 0.196. The van der Waals surface area contributed by atoms with Gasteiger partial charge >= 0.3 is 0 Å². The number of nitrogens with zero attached hydrogens (tertiary/aromatic N) is 1. The fourth-order valence-corrected chi connectivity index (χ4v) is 3.90. The van der Waals surface area contributed by atoms with Crippen molar-refractivity contribution in [3.8, 4) is 0 Å². The highest BCUT2D eigenvalue weighted by atomic mass is 15.2.